The molecule has 0 unspecified atom stereocenters. The summed E-state index contributed by atoms with van der Waals surface area (Å²) in [6.07, 6.45) is 20.0. The van der Waals surface area contributed by atoms with Crippen molar-refractivity contribution in [2.24, 2.45) is 17.8 Å². The Morgan fingerprint density at radius 3 is 2.17 bits per heavy atom. The van der Waals surface area contributed by atoms with Crippen LogP contribution in [0.1, 0.15) is 84.0 Å². The molecular formula is C21H35NO. The molecule has 0 aromatic heterocycles. The Kier molecular flexibility index (Phi) is 8.76. The second-order valence-corrected chi connectivity index (χ2v) is 7.76. The molecule has 2 nitrogen and oxygen atoms in total. The summed E-state index contributed by atoms with van der Waals surface area (Å²) in [5, 5.41) is 8.49. The zero-order chi connectivity index (χ0) is 16.3. The van der Waals surface area contributed by atoms with Gasteiger partial charge in [-0.3, -0.25) is 0 Å². The van der Waals surface area contributed by atoms with Crippen LogP contribution in [0.2, 0.25) is 0 Å². The molecule has 0 aromatic carbocycles. The smallest absolute Gasteiger partial charge is 0.0908 e. The highest BCUT2D eigenvalue weighted by Crippen LogP contribution is 2.33. The fraction of sp³-hybridized carbons (Fsp3) is 0.857. The van der Waals surface area contributed by atoms with E-state index in [9.17, 15) is 0 Å². The van der Waals surface area contributed by atoms with Crippen LogP contribution in [0.25, 0.3) is 0 Å². The van der Waals surface area contributed by atoms with Gasteiger partial charge in [0.05, 0.1) is 12.2 Å². The van der Waals surface area contributed by atoms with Crippen LogP contribution in [0.4, 0.5) is 0 Å². The van der Waals surface area contributed by atoms with Gasteiger partial charge in [0.2, 0.25) is 0 Å². The van der Waals surface area contributed by atoms with E-state index in [0.717, 1.165) is 30.8 Å². The summed E-state index contributed by atoms with van der Waals surface area (Å²) in [6, 6.07) is 2.07. The summed E-state index contributed by atoms with van der Waals surface area (Å²) in [5.74, 6) is 2.68. The van der Waals surface area contributed by atoms with Crippen molar-refractivity contribution in [3.63, 3.8) is 0 Å². The first-order valence-corrected chi connectivity index (χ1v) is 9.98. The van der Waals surface area contributed by atoms with Crippen LogP contribution in [-0.4, -0.2) is 12.7 Å². The third kappa shape index (κ3) is 7.08. The molecule has 2 fully saturated rings. The number of ether oxygens (including phenoxy) is 1. The van der Waals surface area contributed by atoms with Gasteiger partial charge in [-0.25, -0.2) is 0 Å². The predicted molar refractivity (Wildman–Crippen MR) is 96.0 cm³/mol. The van der Waals surface area contributed by atoms with Gasteiger partial charge in [-0.1, -0.05) is 38.7 Å². The SMILES string of the molecule is CCCC1CCC(COC2CCC(CCC=CC#N)CC2)CC1. The maximum absolute atomic E-state index is 8.49. The van der Waals surface area contributed by atoms with E-state index in [1.807, 2.05) is 6.08 Å². The molecule has 0 amide bonds. The van der Waals surface area contributed by atoms with Crippen LogP contribution in [0, 0.1) is 29.1 Å². The summed E-state index contributed by atoms with van der Waals surface area (Å²) in [6.45, 7) is 3.32. The van der Waals surface area contributed by atoms with Gasteiger partial charge >= 0.3 is 0 Å². The van der Waals surface area contributed by atoms with Gasteiger partial charge in [0, 0.05) is 12.7 Å². The van der Waals surface area contributed by atoms with Crippen molar-refractivity contribution in [1.82, 2.24) is 0 Å². The Hall–Kier alpha value is -0.810. The van der Waals surface area contributed by atoms with E-state index in [1.165, 1.54) is 70.6 Å². The molecule has 0 spiro atoms. The van der Waals surface area contributed by atoms with E-state index < -0.39 is 0 Å². The molecule has 2 saturated carbocycles. The van der Waals surface area contributed by atoms with E-state index in [1.54, 1.807) is 6.08 Å². The fourth-order valence-corrected chi connectivity index (χ4v) is 4.42. The number of allylic oxidation sites excluding steroid dienone is 2. The summed E-state index contributed by atoms with van der Waals surface area (Å²) in [4.78, 5) is 0. The molecule has 2 aliphatic rings. The Bertz CT molecular complexity index is 368. The third-order valence-corrected chi connectivity index (χ3v) is 5.96. The lowest BCUT2D eigenvalue weighted by molar-refractivity contribution is -0.0101. The standard InChI is InChI=1S/C21H35NO/c1-2-6-18-8-10-20(11-9-18)17-23-21-14-12-19(13-15-21)7-4-3-5-16-22/h3,5,18-21H,2,4,6-15,17H2,1H3. The van der Waals surface area contributed by atoms with Crippen molar-refractivity contribution in [2.75, 3.05) is 6.61 Å². The first kappa shape index (κ1) is 18.5. The minimum absolute atomic E-state index is 0.522. The topological polar surface area (TPSA) is 33.0 Å². The largest absolute Gasteiger partial charge is 0.378 e. The first-order valence-electron chi connectivity index (χ1n) is 9.98. The molecule has 0 N–H and O–H groups in total. The quantitative estimate of drug-likeness (QED) is 0.512. The van der Waals surface area contributed by atoms with Crippen LogP contribution in [0.3, 0.4) is 0 Å². The molecular weight excluding hydrogens is 282 g/mol. The molecule has 130 valence electrons. The lowest BCUT2D eigenvalue weighted by Crippen LogP contribution is -2.26. The Morgan fingerprint density at radius 2 is 1.52 bits per heavy atom. The summed E-state index contributed by atoms with van der Waals surface area (Å²) in [7, 11) is 0. The van der Waals surface area contributed by atoms with Crippen LogP contribution in [-0.2, 0) is 4.74 Å². The number of nitrogens with zero attached hydrogens (tertiary/aromatic N) is 1. The molecule has 0 bridgehead atoms. The predicted octanol–water partition coefficient (Wildman–Crippen LogP) is 6.03. The number of rotatable bonds is 8. The van der Waals surface area contributed by atoms with Gasteiger partial charge < -0.3 is 4.74 Å². The summed E-state index contributed by atoms with van der Waals surface area (Å²) < 4.78 is 6.25. The monoisotopic (exact) mass is 317 g/mol. The van der Waals surface area contributed by atoms with Crippen molar-refractivity contribution in [3.05, 3.63) is 12.2 Å². The van der Waals surface area contributed by atoms with E-state index in [4.69, 9.17) is 10.00 Å². The van der Waals surface area contributed by atoms with Gasteiger partial charge in [0.1, 0.15) is 0 Å². The minimum Gasteiger partial charge on any atom is -0.378 e. The minimum atomic E-state index is 0.522. The van der Waals surface area contributed by atoms with E-state index in [-0.39, 0.29) is 0 Å². The average Bonchev–Trinajstić information content (AvgIpc) is 2.59. The molecule has 0 atom stereocenters. The second-order valence-electron chi connectivity index (χ2n) is 7.76. The lowest BCUT2D eigenvalue weighted by atomic mass is 9.80. The van der Waals surface area contributed by atoms with Crippen molar-refractivity contribution < 1.29 is 4.74 Å². The maximum atomic E-state index is 8.49. The van der Waals surface area contributed by atoms with E-state index >= 15 is 0 Å². The molecule has 0 heterocycles. The fourth-order valence-electron chi connectivity index (χ4n) is 4.42. The molecule has 0 saturated heterocycles. The Labute approximate surface area is 143 Å². The maximum Gasteiger partial charge on any atom is 0.0908 e. The highest BCUT2D eigenvalue weighted by molar-refractivity contribution is 5.01. The Morgan fingerprint density at radius 1 is 0.913 bits per heavy atom. The van der Waals surface area contributed by atoms with Gasteiger partial charge in [-0.2, -0.15) is 5.26 Å². The van der Waals surface area contributed by atoms with E-state index in [2.05, 4.69) is 13.0 Å². The van der Waals surface area contributed by atoms with Gasteiger partial charge in [-0.05, 0) is 69.1 Å². The summed E-state index contributed by atoms with van der Waals surface area (Å²) >= 11 is 0. The number of nitriles is 1. The Balaban J connectivity index is 1.53. The van der Waals surface area contributed by atoms with Crippen LogP contribution < -0.4 is 0 Å². The molecule has 0 aliphatic heterocycles. The van der Waals surface area contributed by atoms with Gasteiger partial charge in [-0.15, -0.1) is 0 Å². The van der Waals surface area contributed by atoms with Crippen LogP contribution in [0.5, 0.6) is 0 Å². The zero-order valence-electron chi connectivity index (χ0n) is 15.0. The van der Waals surface area contributed by atoms with Crippen molar-refractivity contribution in [3.8, 4) is 6.07 Å². The van der Waals surface area contributed by atoms with Crippen LogP contribution in [0.15, 0.2) is 12.2 Å². The normalized spacial score (nSPS) is 32.0. The number of hydrogen-bond acceptors (Lipinski definition) is 2. The molecule has 0 aromatic rings. The van der Waals surface area contributed by atoms with Crippen molar-refractivity contribution in [1.29, 1.82) is 5.26 Å². The lowest BCUT2D eigenvalue weighted by Gasteiger charge is -2.32. The zero-order valence-corrected chi connectivity index (χ0v) is 15.0. The molecule has 2 aliphatic carbocycles. The number of hydrogen-bond donors (Lipinski definition) is 0. The third-order valence-electron chi connectivity index (χ3n) is 5.96. The molecule has 23 heavy (non-hydrogen) atoms. The average molecular weight is 318 g/mol. The van der Waals surface area contributed by atoms with Gasteiger partial charge in [0.25, 0.3) is 0 Å². The highest BCUT2D eigenvalue weighted by Gasteiger charge is 2.24. The molecule has 0 radical (unpaired) electrons. The van der Waals surface area contributed by atoms with Crippen LogP contribution >= 0.6 is 0 Å². The highest BCUT2D eigenvalue weighted by atomic mass is 16.5. The van der Waals surface area contributed by atoms with Crippen molar-refractivity contribution >= 4 is 0 Å². The van der Waals surface area contributed by atoms with Crippen molar-refractivity contribution in [2.45, 2.75) is 90.1 Å². The first-order chi connectivity index (χ1) is 11.3. The van der Waals surface area contributed by atoms with E-state index in [0.29, 0.717) is 6.10 Å². The molecule has 2 rings (SSSR count). The summed E-state index contributed by atoms with van der Waals surface area (Å²) in [5.41, 5.74) is 0. The second kappa shape index (κ2) is 10.9. The molecule has 2 heteroatoms. The van der Waals surface area contributed by atoms with Gasteiger partial charge in [0.15, 0.2) is 0 Å².